The van der Waals surface area contributed by atoms with Gasteiger partial charge in [-0.25, -0.2) is 0 Å². The summed E-state index contributed by atoms with van der Waals surface area (Å²) in [7, 11) is 0. The van der Waals surface area contributed by atoms with Crippen LogP contribution >= 0.6 is 11.8 Å². The summed E-state index contributed by atoms with van der Waals surface area (Å²) in [6.45, 7) is 2.28. The quantitative estimate of drug-likeness (QED) is 0.671. The summed E-state index contributed by atoms with van der Waals surface area (Å²) < 4.78 is 40.4. The van der Waals surface area contributed by atoms with Crippen molar-refractivity contribution in [2.75, 3.05) is 44.3 Å². The molecule has 10 heteroatoms. The fraction of sp³-hybridized carbons (Fsp3) is 0.364. The third-order valence-electron chi connectivity index (χ3n) is 4.88. The Morgan fingerprint density at radius 2 is 1.75 bits per heavy atom. The molecule has 3 rings (SSSR count). The molecule has 0 unspecified atom stereocenters. The molecule has 172 valence electrons. The lowest BCUT2D eigenvalue weighted by molar-refractivity contribution is -0.274. The second-order valence-corrected chi connectivity index (χ2v) is 8.19. The Bertz CT molecular complexity index is 930. The smallest absolute Gasteiger partial charge is 0.406 e. The lowest BCUT2D eigenvalue weighted by Crippen LogP contribution is -2.50. The fourth-order valence-corrected chi connectivity index (χ4v) is 3.91. The number of thioether (sulfide) groups is 1. The number of rotatable bonds is 7. The summed E-state index contributed by atoms with van der Waals surface area (Å²) in [6, 6.07) is 12.6. The van der Waals surface area contributed by atoms with Gasteiger partial charge in [0.15, 0.2) is 0 Å². The van der Waals surface area contributed by atoms with Crippen LogP contribution in [0.2, 0.25) is 0 Å². The van der Waals surface area contributed by atoms with Crippen molar-refractivity contribution in [2.45, 2.75) is 12.1 Å². The van der Waals surface area contributed by atoms with Crippen molar-refractivity contribution in [3.8, 4) is 5.75 Å². The van der Waals surface area contributed by atoms with E-state index in [2.05, 4.69) is 10.1 Å². The first-order valence-electron chi connectivity index (χ1n) is 9.98. The molecule has 1 aliphatic rings. The number of hydrogen-bond donors (Lipinski definition) is 1. The van der Waals surface area contributed by atoms with Crippen LogP contribution in [0.25, 0.3) is 0 Å². The zero-order valence-electron chi connectivity index (χ0n) is 17.5. The molecule has 1 heterocycles. The Morgan fingerprint density at radius 3 is 2.38 bits per heavy atom. The number of carbonyl (C=O) groups excluding carboxylic acids is 2. The first kappa shape index (κ1) is 23.9. The van der Waals surface area contributed by atoms with Crippen LogP contribution in [0, 0.1) is 0 Å². The predicted molar refractivity (Wildman–Crippen MR) is 118 cm³/mol. The number of anilines is 1. The zero-order valence-corrected chi connectivity index (χ0v) is 18.3. The number of nitrogens with zero attached hydrogens (tertiary/aromatic N) is 2. The Labute approximate surface area is 188 Å². The normalized spacial score (nSPS) is 14.8. The third-order valence-corrected chi connectivity index (χ3v) is 5.51. The van der Waals surface area contributed by atoms with E-state index >= 15 is 0 Å². The number of nitrogens with one attached hydrogen (secondary N) is 1. The maximum Gasteiger partial charge on any atom is 0.573 e. The lowest BCUT2D eigenvalue weighted by atomic mass is 10.1. The molecule has 0 spiro atoms. The molecule has 6 nitrogen and oxygen atoms in total. The molecule has 1 fully saturated rings. The highest BCUT2D eigenvalue weighted by Crippen LogP contribution is 2.24. The molecule has 2 aromatic rings. The second kappa shape index (κ2) is 10.7. The Morgan fingerprint density at radius 1 is 1.06 bits per heavy atom. The van der Waals surface area contributed by atoms with Gasteiger partial charge in [0, 0.05) is 43.2 Å². The van der Waals surface area contributed by atoms with Gasteiger partial charge in [0.25, 0.3) is 5.91 Å². The Hall–Kier alpha value is -2.72. The van der Waals surface area contributed by atoms with Crippen LogP contribution in [0.5, 0.6) is 5.75 Å². The van der Waals surface area contributed by atoms with E-state index in [4.69, 9.17) is 0 Å². The largest absolute Gasteiger partial charge is 0.573 e. The maximum absolute atomic E-state index is 12.8. The van der Waals surface area contributed by atoms with E-state index in [1.165, 1.54) is 12.1 Å². The minimum absolute atomic E-state index is 0.0155. The van der Waals surface area contributed by atoms with Gasteiger partial charge in [-0.1, -0.05) is 12.1 Å². The van der Waals surface area contributed by atoms with Crippen molar-refractivity contribution in [1.29, 1.82) is 0 Å². The van der Waals surface area contributed by atoms with Crippen LogP contribution in [0.3, 0.4) is 0 Å². The van der Waals surface area contributed by atoms with Gasteiger partial charge < -0.3 is 15.0 Å². The number of alkyl halides is 3. The van der Waals surface area contributed by atoms with Crippen molar-refractivity contribution in [2.24, 2.45) is 0 Å². The molecule has 32 heavy (non-hydrogen) atoms. The van der Waals surface area contributed by atoms with Gasteiger partial charge in [0.2, 0.25) is 5.91 Å². The molecule has 0 aromatic heterocycles. The summed E-state index contributed by atoms with van der Waals surface area (Å²) in [6.07, 6.45) is -2.74. The van der Waals surface area contributed by atoms with Crippen molar-refractivity contribution >= 4 is 29.3 Å². The van der Waals surface area contributed by atoms with Crippen LogP contribution in [0.1, 0.15) is 15.9 Å². The predicted octanol–water partition coefficient (Wildman–Crippen LogP) is 3.84. The minimum Gasteiger partial charge on any atom is -0.406 e. The zero-order chi connectivity index (χ0) is 23.1. The number of ether oxygens (including phenoxy) is 1. The van der Waals surface area contributed by atoms with E-state index in [0.717, 1.165) is 23.4 Å². The number of halogens is 3. The van der Waals surface area contributed by atoms with Crippen LogP contribution in [-0.2, 0) is 10.5 Å². The van der Waals surface area contributed by atoms with E-state index < -0.39 is 6.36 Å². The summed E-state index contributed by atoms with van der Waals surface area (Å²) >= 11 is 1.70. The van der Waals surface area contributed by atoms with Crippen LogP contribution in [0.4, 0.5) is 18.9 Å². The lowest BCUT2D eigenvalue weighted by Gasteiger charge is -2.34. The SMILES string of the molecule is CSCc1cccc(C(=O)N2CCN(CC(=O)Nc3ccc(OC(F)(F)F)cc3)CC2)c1. The summed E-state index contributed by atoms with van der Waals surface area (Å²) in [5.41, 5.74) is 2.15. The van der Waals surface area contributed by atoms with Gasteiger partial charge in [0.1, 0.15) is 5.75 Å². The van der Waals surface area contributed by atoms with Gasteiger partial charge in [-0.3, -0.25) is 14.5 Å². The Kier molecular flexibility index (Phi) is 8.03. The van der Waals surface area contributed by atoms with Crippen molar-refractivity contribution in [1.82, 2.24) is 9.80 Å². The highest BCUT2D eigenvalue weighted by molar-refractivity contribution is 7.97. The molecule has 0 saturated carbocycles. The third kappa shape index (κ3) is 7.16. The molecule has 1 saturated heterocycles. The molecule has 1 N–H and O–H groups in total. The average molecular weight is 468 g/mol. The molecular formula is C22H24F3N3O3S. The molecule has 0 aliphatic carbocycles. The summed E-state index contributed by atoms with van der Waals surface area (Å²) in [4.78, 5) is 28.8. The highest BCUT2D eigenvalue weighted by Gasteiger charge is 2.31. The van der Waals surface area contributed by atoms with Crippen LogP contribution in [-0.4, -0.2) is 67.0 Å². The number of amides is 2. The number of piperazine rings is 1. The summed E-state index contributed by atoms with van der Waals surface area (Å²) in [5.74, 6) is 0.203. The topological polar surface area (TPSA) is 61.9 Å². The molecule has 1 aliphatic heterocycles. The first-order valence-corrected chi connectivity index (χ1v) is 11.4. The second-order valence-electron chi connectivity index (χ2n) is 7.32. The average Bonchev–Trinajstić information content (AvgIpc) is 2.74. The van der Waals surface area contributed by atoms with Gasteiger partial charge in [-0.15, -0.1) is 13.2 Å². The molecular weight excluding hydrogens is 443 g/mol. The van der Waals surface area contributed by atoms with Crippen molar-refractivity contribution in [3.05, 3.63) is 59.7 Å². The monoisotopic (exact) mass is 467 g/mol. The standard InChI is InChI=1S/C22H24F3N3O3S/c1-32-15-16-3-2-4-17(13-16)21(30)28-11-9-27(10-12-28)14-20(29)26-18-5-7-19(8-6-18)31-22(23,24)25/h2-8,13H,9-12,14-15H2,1H3,(H,26,29). The number of hydrogen-bond acceptors (Lipinski definition) is 5. The van der Waals surface area contributed by atoms with E-state index in [-0.39, 0.29) is 24.1 Å². The van der Waals surface area contributed by atoms with Crippen molar-refractivity contribution < 1.29 is 27.5 Å². The molecule has 0 atom stereocenters. The Balaban J connectivity index is 1.46. The van der Waals surface area contributed by atoms with Gasteiger partial charge in [-0.2, -0.15) is 11.8 Å². The van der Waals surface area contributed by atoms with Gasteiger partial charge in [-0.05, 0) is 48.2 Å². The minimum atomic E-state index is -4.76. The number of benzene rings is 2. The first-order chi connectivity index (χ1) is 15.2. The van der Waals surface area contributed by atoms with E-state index in [0.29, 0.717) is 37.4 Å². The van der Waals surface area contributed by atoms with E-state index in [1.54, 1.807) is 16.7 Å². The molecule has 0 radical (unpaired) electrons. The molecule has 2 aromatic carbocycles. The van der Waals surface area contributed by atoms with Gasteiger partial charge >= 0.3 is 6.36 Å². The van der Waals surface area contributed by atoms with Gasteiger partial charge in [0.05, 0.1) is 6.54 Å². The maximum atomic E-state index is 12.8. The number of carbonyl (C=O) groups is 2. The van der Waals surface area contributed by atoms with Crippen LogP contribution in [0.15, 0.2) is 48.5 Å². The van der Waals surface area contributed by atoms with E-state index in [9.17, 15) is 22.8 Å². The molecule has 0 bridgehead atoms. The fourth-order valence-electron chi connectivity index (χ4n) is 3.40. The van der Waals surface area contributed by atoms with Crippen LogP contribution < -0.4 is 10.1 Å². The van der Waals surface area contributed by atoms with E-state index in [1.807, 2.05) is 35.4 Å². The molecule has 2 amide bonds. The van der Waals surface area contributed by atoms with Crippen molar-refractivity contribution in [3.63, 3.8) is 0 Å². The summed E-state index contributed by atoms with van der Waals surface area (Å²) in [5, 5.41) is 2.66. The highest BCUT2D eigenvalue weighted by atomic mass is 32.2.